The molecule has 0 radical (unpaired) electrons. The van der Waals surface area contributed by atoms with Crippen molar-refractivity contribution in [1.82, 2.24) is 9.62 Å². The molecule has 0 amide bonds. The summed E-state index contributed by atoms with van der Waals surface area (Å²) in [6.07, 6.45) is 3.60. The number of nitrogens with one attached hydrogen (secondary N) is 1. The Morgan fingerprint density at radius 3 is 2.43 bits per heavy atom. The summed E-state index contributed by atoms with van der Waals surface area (Å²) in [5.41, 5.74) is 0.427. The Labute approximate surface area is 139 Å². The highest BCUT2D eigenvalue weighted by atomic mass is 32.2. The Bertz CT molecular complexity index is 625. The predicted octanol–water partition coefficient (Wildman–Crippen LogP) is 2.92. The average molecular weight is 342 g/mol. The Hall–Kier alpha value is -0.980. The highest BCUT2D eigenvalue weighted by Gasteiger charge is 2.26. The summed E-state index contributed by atoms with van der Waals surface area (Å²) in [6, 6.07) is 3.95. The maximum absolute atomic E-state index is 13.2. The summed E-state index contributed by atoms with van der Waals surface area (Å²) in [5.74, 6) is -0.0556. The second kappa shape index (κ2) is 7.73. The molecule has 0 saturated carbocycles. The number of rotatable bonds is 6. The molecule has 1 N–H and O–H groups in total. The highest BCUT2D eigenvalue weighted by Crippen LogP contribution is 2.19. The number of nitrogens with zero attached hydrogens (tertiary/aromatic N) is 1. The Balaban J connectivity index is 2.09. The van der Waals surface area contributed by atoms with Crippen LogP contribution in [0.1, 0.15) is 38.7 Å². The molecule has 0 aliphatic carbocycles. The van der Waals surface area contributed by atoms with Crippen LogP contribution in [0.2, 0.25) is 0 Å². The number of likely N-dealkylation sites (tertiary alicyclic amines) is 1. The average Bonchev–Trinajstić information content (AvgIpc) is 2.47. The second-order valence-corrected chi connectivity index (χ2v) is 8.41. The first kappa shape index (κ1) is 18.4. The molecule has 1 aromatic rings. The molecule has 0 spiro atoms. The Morgan fingerprint density at radius 1 is 1.22 bits per heavy atom. The molecule has 1 atom stereocenters. The van der Waals surface area contributed by atoms with E-state index in [1.54, 1.807) is 6.92 Å². The van der Waals surface area contributed by atoms with E-state index in [4.69, 9.17) is 0 Å². The lowest BCUT2D eigenvalue weighted by Gasteiger charge is -2.37. The van der Waals surface area contributed by atoms with Crippen LogP contribution in [0.25, 0.3) is 0 Å². The van der Waals surface area contributed by atoms with E-state index in [9.17, 15) is 12.8 Å². The topological polar surface area (TPSA) is 49.4 Å². The van der Waals surface area contributed by atoms with Gasteiger partial charge in [-0.1, -0.05) is 20.3 Å². The predicted molar refractivity (Wildman–Crippen MR) is 90.4 cm³/mol. The molecular weight excluding hydrogens is 315 g/mol. The van der Waals surface area contributed by atoms with Gasteiger partial charge in [-0.3, -0.25) is 4.90 Å². The summed E-state index contributed by atoms with van der Waals surface area (Å²) >= 11 is 0. The third kappa shape index (κ3) is 4.75. The van der Waals surface area contributed by atoms with Gasteiger partial charge < -0.3 is 0 Å². The molecule has 0 aromatic heterocycles. The van der Waals surface area contributed by atoms with Gasteiger partial charge in [0.2, 0.25) is 10.0 Å². The third-order valence-electron chi connectivity index (χ3n) is 4.54. The standard InChI is InChI=1S/C17H27FN2O2S/c1-13(2)16(20-9-5-4-6-10-20)12-19-23(21,22)17-8-7-15(18)11-14(17)3/h7-8,11,13,16,19H,4-6,9-10,12H2,1-3H3. The molecule has 1 aliphatic heterocycles. The van der Waals surface area contributed by atoms with Gasteiger partial charge in [0.15, 0.2) is 0 Å². The maximum Gasteiger partial charge on any atom is 0.240 e. The van der Waals surface area contributed by atoms with E-state index in [1.807, 2.05) is 0 Å². The SMILES string of the molecule is Cc1cc(F)ccc1S(=O)(=O)NCC(C(C)C)N1CCCCC1. The van der Waals surface area contributed by atoms with Gasteiger partial charge in [-0.15, -0.1) is 0 Å². The zero-order chi connectivity index (χ0) is 17.0. The maximum atomic E-state index is 13.2. The van der Waals surface area contributed by atoms with Gasteiger partial charge >= 0.3 is 0 Å². The van der Waals surface area contributed by atoms with Gasteiger partial charge in [0.1, 0.15) is 5.82 Å². The van der Waals surface area contributed by atoms with E-state index in [1.165, 1.54) is 37.5 Å². The zero-order valence-electron chi connectivity index (χ0n) is 14.2. The molecule has 4 nitrogen and oxygen atoms in total. The second-order valence-electron chi connectivity index (χ2n) is 6.67. The van der Waals surface area contributed by atoms with Crippen LogP contribution in [0, 0.1) is 18.7 Å². The van der Waals surface area contributed by atoms with E-state index >= 15 is 0 Å². The molecule has 2 rings (SSSR count). The minimum absolute atomic E-state index is 0.153. The first-order chi connectivity index (χ1) is 10.8. The quantitative estimate of drug-likeness (QED) is 0.865. The summed E-state index contributed by atoms with van der Waals surface area (Å²) in [7, 11) is -3.62. The summed E-state index contributed by atoms with van der Waals surface area (Å²) in [6.45, 7) is 8.30. The lowest BCUT2D eigenvalue weighted by molar-refractivity contribution is 0.130. The van der Waals surface area contributed by atoms with Crippen molar-refractivity contribution in [2.24, 2.45) is 5.92 Å². The summed E-state index contributed by atoms with van der Waals surface area (Å²) < 4.78 is 40.9. The molecular formula is C17H27FN2O2S. The number of aryl methyl sites for hydroxylation is 1. The van der Waals surface area contributed by atoms with Crippen molar-refractivity contribution in [2.45, 2.75) is 51.0 Å². The van der Waals surface area contributed by atoms with Gasteiger partial charge in [-0.25, -0.2) is 17.5 Å². The van der Waals surface area contributed by atoms with Crippen molar-refractivity contribution in [1.29, 1.82) is 0 Å². The van der Waals surface area contributed by atoms with Crippen LogP contribution >= 0.6 is 0 Å². The minimum Gasteiger partial charge on any atom is -0.299 e. The van der Waals surface area contributed by atoms with Crippen LogP contribution in [0.4, 0.5) is 4.39 Å². The van der Waals surface area contributed by atoms with E-state index in [-0.39, 0.29) is 10.9 Å². The third-order valence-corrected chi connectivity index (χ3v) is 6.12. The van der Waals surface area contributed by atoms with Crippen LogP contribution < -0.4 is 4.72 Å². The van der Waals surface area contributed by atoms with Gasteiger partial charge in [0, 0.05) is 12.6 Å². The number of hydrogen-bond donors (Lipinski definition) is 1. The van der Waals surface area contributed by atoms with Crippen LogP contribution in [-0.2, 0) is 10.0 Å². The monoisotopic (exact) mass is 342 g/mol. The lowest BCUT2D eigenvalue weighted by atomic mass is 9.99. The normalized spacial score (nSPS) is 18.3. The summed E-state index contributed by atoms with van der Waals surface area (Å²) in [4.78, 5) is 2.54. The van der Waals surface area contributed by atoms with Crippen LogP contribution in [0.3, 0.4) is 0 Å². The first-order valence-electron chi connectivity index (χ1n) is 8.31. The number of sulfonamides is 1. The Morgan fingerprint density at radius 2 is 1.87 bits per heavy atom. The van der Waals surface area contributed by atoms with E-state index < -0.39 is 15.8 Å². The molecule has 130 valence electrons. The van der Waals surface area contributed by atoms with Gasteiger partial charge in [-0.2, -0.15) is 0 Å². The van der Waals surface area contributed by atoms with Crippen molar-refractivity contribution in [3.8, 4) is 0 Å². The van der Waals surface area contributed by atoms with Gasteiger partial charge in [0.05, 0.1) is 4.90 Å². The van der Waals surface area contributed by atoms with Crippen LogP contribution in [-0.4, -0.2) is 39.0 Å². The molecule has 23 heavy (non-hydrogen) atoms. The largest absolute Gasteiger partial charge is 0.299 e. The van der Waals surface area contributed by atoms with E-state index in [0.717, 1.165) is 13.1 Å². The van der Waals surface area contributed by atoms with Gasteiger partial charge in [0.25, 0.3) is 0 Å². The van der Waals surface area contributed by atoms with E-state index in [0.29, 0.717) is 18.0 Å². The highest BCUT2D eigenvalue weighted by molar-refractivity contribution is 7.89. The fraction of sp³-hybridized carbons (Fsp3) is 0.647. The van der Waals surface area contributed by atoms with Crippen molar-refractivity contribution in [3.63, 3.8) is 0 Å². The van der Waals surface area contributed by atoms with Crippen LogP contribution in [0.15, 0.2) is 23.1 Å². The molecule has 1 aliphatic rings. The van der Waals surface area contributed by atoms with Crippen molar-refractivity contribution in [2.75, 3.05) is 19.6 Å². The summed E-state index contributed by atoms with van der Waals surface area (Å²) in [5, 5.41) is 0. The van der Waals surface area contributed by atoms with Crippen LogP contribution in [0.5, 0.6) is 0 Å². The molecule has 1 heterocycles. The molecule has 1 fully saturated rings. The van der Waals surface area contributed by atoms with Gasteiger partial charge in [-0.05, 0) is 62.5 Å². The number of piperidine rings is 1. The molecule has 0 bridgehead atoms. The molecule has 1 unspecified atom stereocenters. The van der Waals surface area contributed by atoms with Crippen molar-refractivity contribution < 1.29 is 12.8 Å². The number of halogens is 1. The smallest absolute Gasteiger partial charge is 0.240 e. The zero-order valence-corrected chi connectivity index (χ0v) is 15.0. The molecule has 6 heteroatoms. The molecule has 1 saturated heterocycles. The first-order valence-corrected chi connectivity index (χ1v) is 9.79. The number of hydrogen-bond acceptors (Lipinski definition) is 3. The van der Waals surface area contributed by atoms with Crippen molar-refractivity contribution in [3.05, 3.63) is 29.6 Å². The Kier molecular flexibility index (Phi) is 6.17. The minimum atomic E-state index is -3.62. The van der Waals surface area contributed by atoms with Crippen molar-refractivity contribution >= 4 is 10.0 Å². The number of benzene rings is 1. The molecule has 1 aromatic carbocycles. The van der Waals surface area contributed by atoms with E-state index in [2.05, 4.69) is 23.5 Å². The fourth-order valence-electron chi connectivity index (χ4n) is 3.22. The fourth-order valence-corrected chi connectivity index (χ4v) is 4.50. The lowest BCUT2D eigenvalue weighted by Crippen LogP contribution is -2.48.